The summed E-state index contributed by atoms with van der Waals surface area (Å²) in [5, 5.41) is 2.30. The van der Waals surface area contributed by atoms with Crippen molar-refractivity contribution in [1.29, 1.82) is 0 Å². The van der Waals surface area contributed by atoms with Crippen molar-refractivity contribution in [2.45, 2.75) is 6.42 Å². The van der Waals surface area contributed by atoms with Gasteiger partial charge in [-0.25, -0.2) is 0 Å². The Balaban J connectivity index is 2.51. The quantitative estimate of drug-likeness (QED) is 0.630. The summed E-state index contributed by atoms with van der Waals surface area (Å²) in [5.41, 5.74) is 2.67. The minimum atomic E-state index is 0.0573. The van der Waals surface area contributed by atoms with E-state index in [4.69, 9.17) is 0 Å². The molecule has 1 aliphatic rings. The predicted octanol–water partition coefficient (Wildman–Crippen LogP) is 2.77. The van der Waals surface area contributed by atoms with Gasteiger partial charge in [-0.3, -0.25) is 4.79 Å². The molecule has 0 bridgehead atoms. The lowest BCUT2D eigenvalue weighted by atomic mass is 10.0. The van der Waals surface area contributed by atoms with Crippen molar-refractivity contribution in [1.82, 2.24) is 0 Å². The molecule has 72 valence electrons. The second-order valence-corrected chi connectivity index (χ2v) is 3.82. The molecular formula is C14H10O. The van der Waals surface area contributed by atoms with E-state index in [1.54, 1.807) is 12.1 Å². The molecule has 0 fully saturated rings. The highest BCUT2D eigenvalue weighted by atomic mass is 16.1. The molecule has 0 aromatic heterocycles. The van der Waals surface area contributed by atoms with Gasteiger partial charge in [0.15, 0.2) is 5.43 Å². The standard InChI is InChI=1S/C14H10O/c15-12-7-6-11-5-4-10-2-1-3-13(10)14(11)9-8-12/h1,3-9H,2H2. The SMILES string of the molecule is O=c1ccc2ccc3c(c2cc1)C=CC3. The van der Waals surface area contributed by atoms with Crippen molar-refractivity contribution in [2.24, 2.45) is 0 Å². The first-order valence-corrected chi connectivity index (χ1v) is 5.07. The number of hydrogen-bond acceptors (Lipinski definition) is 1. The third kappa shape index (κ3) is 1.28. The Bertz CT molecular complexity index is 624. The number of rotatable bonds is 0. The lowest BCUT2D eigenvalue weighted by Crippen LogP contribution is -1.87. The summed E-state index contributed by atoms with van der Waals surface area (Å²) in [6, 6.07) is 11.3. The third-order valence-electron chi connectivity index (χ3n) is 2.87. The molecule has 0 unspecified atom stereocenters. The molecule has 2 aromatic carbocycles. The molecule has 1 aliphatic carbocycles. The molecule has 0 radical (unpaired) electrons. The molecule has 0 N–H and O–H groups in total. The minimum absolute atomic E-state index is 0.0573. The van der Waals surface area contributed by atoms with Crippen LogP contribution in [0.3, 0.4) is 0 Å². The van der Waals surface area contributed by atoms with Crippen LogP contribution in [-0.4, -0.2) is 0 Å². The molecule has 0 spiro atoms. The highest BCUT2D eigenvalue weighted by Gasteiger charge is 2.07. The Kier molecular flexibility index (Phi) is 1.72. The highest BCUT2D eigenvalue weighted by molar-refractivity contribution is 5.92. The Labute approximate surface area is 87.7 Å². The Hall–Kier alpha value is -1.89. The highest BCUT2D eigenvalue weighted by Crippen LogP contribution is 2.27. The smallest absolute Gasteiger partial charge is 0.178 e. The molecule has 0 amide bonds. The minimum Gasteiger partial charge on any atom is -0.290 e. The fourth-order valence-electron chi connectivity index (χ4n) is 2.10. The van der Waals surface area contributed by atoms with Crippen LogP contribution in [0, 0.1) is 0 Å². The van der Waals surface area contributed by atoms with Gasteiger partial charge in [0.05, 0.1) is 0 Å². The Morgan fingerprint density at radius 1 is 0.933 bits per heavy atom. The van der Waals surface area contributed by atoms with Crippen LogP contribution >= 0.6 is 0 Å². The second kappa shape index (κ2) is 3.06. The van der Waals surface area contributed by atoms with Gasteiger partial charge in [0.2, 0.25) is 0 Å². The first-order valence-electron chi connectivity index (χ1n) is 5.07. The van der Waals surface area contributed by atoms with Gasteiger partial charge >= 0.3 is 0 Å². The van der Waals surface area contributed by atoms with Crippen molar-refractivity contribution in [3.8, 4) is 0 Å². The fourth-order valence-corrected chi connectivity index (χ4v) is 2.10. The van der Waals surface area contributed by atoms with E-state index in [-0.39, 0.29) is 5.43 Å². The summed E-state index contributed by atoms with van der Waals surface area (Å²) in [7, 11) is 0. The van der Waals surface area contributed by atoms with Gasteiger partial charge in [-0.2, -0.15) is 0 Å². The topological polar surface area (TPSA) is 17.1 Å². The first-order chi connectivity index (χ1) is 7.34. The van der Waals surface area contributed by atoms with Crippen LogP contribution in [0.2, 0.25) is 0 Å². The van der Waals surface area contributed by atoms with Crippen LogP contribution < -0.4 is 5.43 Å². The first kappa shape index (κ1) is 8.42. The molecule has 3 rings (SSSR count). The van der Waals surface area contributed by atoms with Crippen LogP contribution in [0.1, 0.15) is 11.1 Å². The summed E-state index contributed by atoms with van der Waals surface area (Å²) in [5.74, 6) is 0. The monoisotopic (exact) mass is 194 g/mol. The van der Waals surface area contributed by atoms with Crippen LogP contribution in [0.15, 0.2) is 47.3 Å². The van der Waals surface area contributed by atoms with E-state index in [0.717, 1.165) is 11.8 Å². The van der Waals surface area contributed by atoms with Gasteiger partial charge in [0, 0.05) is 0 Å². The van der Waals surface area contributed by atoms with E-state index in [9.17, 15) is 4.79 Å². The lowest BCUT2D eigenvalue weighted by Gasteiger charge is -2.01. The lowest BCUT2D eigenvalue weighted by molar-refractivity contribution is 1.32. The van der Waals surface area contributed by atoms with E-state index in [2.05, 4.69) is 24.3 Å². The van der Waals surface area contributed by atoms with Crippen LogP contribution in [0.4, 0.5) is 0 Å². The Morgan fingerprint density at radius 2 is 1.73 bits per heavy atom. The average molecular weight is 194 g/mol. The largest absolute Gasteiger partial charge is 0.290 e. The summed E-state index contributed by atoms with van der Waals surface area (Å²) >= 11 is 0. The normalized spacial score (nSPS) is 13.1. The maximum atomic E-state index is 11.3. The molecule has 0 atom stereocenters. The number of fused-ring (bicyclic) bond motifs is 3. The average Bonchev–Trinajstić information content (AvgIpc) is 2.64. The fraction of sp³-hybridized carbons (Fsp3) is 0.0714. The van der Waals surface area contributed by atoms with Crippen molar-refractivity contribution in [2.75, 3.05) is 0 Å². The molecular weight excluding hydrogens is 184 g/mol. The molecule has 0 saturated heterocycles. The van der Waals surface area contributed by atoms with Gasteiger partial charge in [-0.05, 0) is 46.5 Å². The van der Waals surface area contributed by atoms with Crippen molar-refractivity contribution < 1.29 is 0 Å². The van der Waals surface area contributed by atoms with Gasteiger partial charge in [0.25, 0.3) is 0 Å². The zero-order valence-electron chi connectivity index (χ0n) is 8.23. The van der Waals surface area contributed by atoms with E-state index in [1.807, 2.05) is 12.1 Å². The maximum Gasteiger partial charge on any atom is 0.178 e. The Morgan fingerprint density at radius 3 is 2.67 bits per heavy atom. The summed E-state index contributed by atoms with van der Waals surface area (Å²) in [4.78, 5) is 11.3. The number of benzene rings is 1. The summed E-state index contributed by atoms with van der Waals surface area (Å²) in [6.45, 7) is 0. The van der Waals surface area contributed by atoms with E-state index >= 15 is 0 Å². The van der Waals surface area contributed by atoms with Gasteiger partial charge in [-0.1, -0.05) is 30.4 Å². The molecule has 0 aliphatic heterocycles. The van der Waals surface area contributed by atoms with Gasteiger partial charge in [-0.15, -0.1) is 0 Å². The summed E-state index contributed by atoms with van der Waals surface area (Å²) < 4.78 is 0. The van der Waals surface area contributed by atoms with Gasteiger partial charge < -0.3 is 0 Å². The van der Waals surface area contributed by atoms with Crippen LogP contribution in [0.25, 0.3) is 16.8 Å². The third-order valence-corrected chi connectivity index (χ3v) is 2.87. The summed E-state index contributed by atoms with van der Waals surface area (Å²) in [6.07, 6.45) is 5.31. The van der Waals surface area contributed by atoms with Crippen LogP contribution in [-0.2, 0) is 6.42 Å². The molecule has 2 aromatic rings. The zero-order valence-corrected chi connectivity index (χ0v) is 8.23. The van der Waals surface area contributed by atoms with Crippen molar-refractivity contribution >= 4 is 16.8 Å². The molecule has 0 saturated carbocycles. The number of allylic oxidation sites excluding steroid dienone is 1. The van der Waals surface area contributed by atoms with E-state index < -0.39 is 0 Å². The van der Waals surface area contributed by atoms with Crippen LogP contribution in [0.5, 0.6) is 0 Å². The van der Waals surface area contributed by atoms with E-state index in [0.29, 0.717) is 0 Å². The second-order valence-electron chi connectivity index (χ2n) is 3.82. The maximum absolute atomic E-state index is 11.3. The molecule has 1 heteroatoms. The van der Waals surface area contributed by atoms with Gasteiger partial charge in [0.1, 0.15) is 0 Å². The van der Waals surface area contributed by atoms with Crippen molar-refractivity contribution in [3.63, 3.8) is 0 Å². The molecule has 15 heavy (non-hydrogen) atoms. The predicted molar refractivity (Wildman–Crippen MR) is 63.0 cm³/mol. The number of hydrogen-bond donors (Lipinski definition) is 0. The van der Waals surface area contributed by atoms with E-state index in [1.165, 1.54) is 16.5 Å². The zero-order chi connectivity index (χ0) is 10.3. The molecule has 1 nitrogen and oxygen atoms in total. The molecule has 0 heterocycles. The van der Waals surface area contributed by atoms with Crippen molar-refractivity contribution in [3.05, 3.63) is 63.8 Å².